The van der Waals surface area contributed by atoms with Gasteiger partial charge < -0.3 is 9.88 Å². The summed E-state index contributed by atoms with van der Waals surface area (Å²) in [6, 6.07) is 28.5. The Morgan fingerprint density at radius 1 is 0.935 bits per heavy atom. The average molecular weight is 409 g/mol. The second-order valence-electron chi connectivity index (χ2n) is 8.02. The van der Waals surface area contributed by atoms with Crippen molar-refractivity contribution in [2.75, 3.05) is 0 Å². The first-order valence-electron chi connectivity index (χ1n) is 10.7. The van der Waals surface area contributed by atoms with Gasteiger partial charge in [0.1, 0.15) is 0 Å². The van der Waals surface area contributed by atoms with E-state index in [0.29, 0.717) is 6.54 Å². The topological polar surface area (TPSA) is 34.0 Å². The Bertz CT molecular complexity index is 1180. The van der Waals surface area contributed by atoms with Crippen LogP contribution in [0.5, 0.6) is 0 Å². The lowest BCUT2D eigenvalue weighted by atomic mass is 9.85. The summed E-state index contributed by atoms with van der Waals surface area (Å²) in [6.45, 7) is 2.64. The van der Waals surface area contributed by atoms with Gasteiger partial charge in [-0.25, -0.2) is 0 Å². The molecule has 0 unspecified atom stereocenters. The van der Waals surface area contributed by atoms with Crippen molar-refractivity contribution in [3.8, 4) is 0 Å². The Kier molecular flexibility index (Phi) is 6.32. The van der Waals surface area contributed by atoms with Crippen molar-refractivity contribution in [2.45, 2.75) is 19.4 Å². The minimum absolute atomic E-state index is 0.0294. The van der Waals surface area contributed by atoms with Gasteiger partial charge in [-0.1, -0.05) is 97.9 Å². The number of benzene rings is 3. The number of carbonyl (C=O) groups is 1. The summed E-state index contributed by atoms with van der Waals surface area (Å²) in [5.41, 5.74) is 4.43. The van der Waals surface area contributed by atoms with Gasteiger partial charge in [-0.2, -0.15) is 0 Å². The molecular weight excluding hydrogens is 380 g/mol. The van der Waals surface area contributed by atoms with E-state index in [0.717, 1.165) is 27.6 Å². The molecule has 0 saturated heterocycles. The summed E-state index contributed by atoms with van der Waals surface area (Å²) in [4.78, 5) is 13.5. The zero-order valence-electron chi connectivity index (χ0n) is 18.0. The van der Waals surface area contributed by atoms with Gasteiger partial charge in [0.2, 0.25) is 5.91 Å². The third-order valence-electron chi connectivity index (χ3n) is 5.77. The molecule has 0 saturated carbocycles. The average Bonchev–Trinajstić information content (AvgIpc) is 3.14. The molecule has 3 heteroatoms. The molecule has 0 fully saturated rings. The van der Waals surface area contributed by atoms with E-state index in [1.807, 2.05) is 67.7 Å². The number of allylic oxidation sites excluding steroid dienone is 1. The molecule has 4 aromatic rings. The first-order chi connectivity index (χ1) is 15.1. The summed E-state index contributed by atoms with van der Waals surface area (Å²) in [5.74, 6) is -0.207. The first-order valence-corrected chi connectivity index (χ1v) is 10.7. The summed E-state index contributed by atoms with van der Waals surface area (Å²) >= 11 is 0. The molecule has 0 radical (unpaired) electrons. The predicted octanol–water partition coefficient (Wildman–Crippen LogP) is 5.93. The van der Waals surface area contributed by atoms with Gasteiger partial charge in [-0.15, -0.1) is 0 Å². The molecular formula is C28H28N2O. The smallest absolute Gasteiger partial charge is 0.228 e. The molecule has 0 spiro atoms. The van der Waals surface area contributed by atoms with Crippen molar-refractivity contribution in [1.82, 2.24) is 9.88 Å². The minimum atomic E-state index is -0.283. The van der Waals surface area contributed by atoms with Crippen molar-refractivity contribution < 1.29 is 4.79 Å². The maximum Gasteiger partial charge on any atom is 0.228 e. The molecule has 156 valence electrons. The summed E-state index contributed by atoms with van der Waals surface area (Å²) in [7, 11) is 2.04. The zero-order valence-corrected chi connectivity index (χ0v) is 18.0. The van der Waals surface area contributed by atoms with Crippen LogP contribution in [0, 0.1) is 5.92 Å². The van der Waals surface area contributed by atoms with Crippen LogP contribution in [-0.4, -0.2) is 10.5 Å². The fourth-order valence-electron chi connectivity index (χ4n) is 4.12. The Labute approximate surface area is 184 Å². The highest BCUT2D eigenvalue weighted by Crippen LogP contribution is 2.33. The molecule has 0 aliphatic rings. The van der Waals surface area contributed by atoms with Crippen LogP contribution in [0.4, 0.5) is 0 Å². The zero-order chi connectivity index (χ0) is 21.6. The van der Waals surface area contributed by atoms with Crippen LogP contribution in [0.25, 0.3) is 17.0 Å². The largest absolute Gasteiger partial charge is 0.351 e. The lowest BCUT2D eigenvalue weighted by molar-refractivity contribution is -0.123. The number of hydrogen-bond donors (Lipinski definition) is 1. The van der Waals surface area contributed by atoms with Gasteiger partial charge in [-0.3, -0.25) is 4.79 Å². The minimum Gasteiger partial charge on any atom is -0.351 e. The molecule has 1 amide bonds. The van der Waals surface area contributed by atoms with Gasteiger partial charge in [0.25, 0.3) is 0 Å². The van der Waals surface area contributed by atoms with Crippen molar-refractivity contribution >= 4 is 22.9 Å². The number of aromatic nitrogens is 1. The summed E-state index contributed by atoms with van der Waals surface area (Å²) in [5, 5.41) is 4.30. The van der Waals surface area contributed by atoms with Crippen LogP contribution >= 0.6 is 0 Å². The predicted molar refractivity (Wildman–Crippen MR) is 129 cm³/mol. The van der Waals surface area contributed by atoms with Crippen LogP contribution in [0.1, 0.15) is 29.5 Å². The van der Waals surface area contributed by atoms with E-state index in [2.05, 4.69) is 59.4 Å². The van der Waals surface area contributed by atoms with E-state index in [9.17, 15) is 4.79 Å². The molecule has 0 bridgehead atoms. The fraction of sp³-hybridized carbons (Fsp3) is 0.179. The summed E-state index contributed by atoms with van der Waals surface area (Å²) in [6.07, 6.45) is 6.35. The monoisotopic (exact) mass is 408 g/mol. The number of nitrogens with one attached hydrogen (secondary N) is 1. The number of carbonyl (C=O) groups excluding carboxylic acids is 1. The highest BCUT2D eigenvalue weighted by molar-refractivity contribution is 5.92. The Morgan fingerprint density at radius 2 is 1.58 bits per heavy atom. The third kappa shape index (κ3) is 4.77. The second-order valence-corrected chi connectivity index (χ2v) is 8.02. The van der Waals surface area contributed by atoms with Crippen molar-refractivity contribution in [2.24, 2.45) is 13.0 Å². The molecule has 0 aliphatic carbocycles. The highest BCUT2D eigenvalue weighted by Gasteiger charge is 2.28. The number of nitrogens with zero attached hydrogens (tertiary/aromatic N) is 1. The van der Waals surface area contributed by atoms with E-state index >= 15 is 0 Å². The highest BCUT2D eigenvalue weighted by atomic mass is 16.1. The lowest BCUT2D eigenvalue weighted by Crippen LogP contribution is -2.32. The third-order valence-corrected chi connectivity index (χ3v) is 5.77. The summed E-state index contributed by atoms with van der Waals surface area (Å²) < 4.78 is 2.11. The van der Waals surface area contributed by atoms with Gasteiger partial charge in [0.05, 0.1) is 5.92 Å². The van der Waals surface area contributed by atoms with Gasteiger partial charge in [-0.05, 0) is 28.7 Å². The van der Waals surface area contributed by atoms with Crippen LogP contribution in [0.15, 0.2) is 97.2 Å². The van der Waals surface area contributed by atoms with E-state index in [4.69, 9.17) is 0 Å². The fourth-order valence-corrected chi connectivity index (χ4v) is 4.12. The van der Waals surface area contributed by atoms with Gasteiger partial charge >= 0.3 is 0 Å². The van der Waals surface area contributed by atoms with Gasteiger partial charge in [0.15, 0.2) is 0 Å². The second kappa shape index (κ2) is 9.48. The number of aryl methyl sites for hydroxylation is 1. The van der Waals surface area contributed by atoms with Crippen molar-refractivity contribution in [3.05, 3.63) is 114 Å². The van der Waals surface area contributed by atoms with E-state index in [1.54, 1.807) is 0 Å². The van der Waals surface area contributed by atoms with Crippen LogP contribution < -0.4 is 5.32 Å². The normalized spacial score (nSPS) is 13.4. The molecule has 4 rings (SSSR count). The molecule has 0 aliphatic heterocycles. The standard InChI is InChI=1S/C28H28N2O/c1-21(17-18-22-11-5-3-6-12-22)27(28(31)29-19-23-13-7-4-8-14-23)25-20-30(2)26-16-10-9-15-24(25)26/h3-18,20-21,27H,19H2,1-2H3,(H,29,31)/b18-17+/t21-,27+/m1/s1. The van der Waals surface area contributed by atoms with Crippen LogP contribution in [0.3, 0.4) is 0 Å². The Hall–Kier alpha value is -3.59. The quantitative estimate of drug-likeness (QED) is 0.404. The molecule has 31 heavy (non-hydrogen) atoms. The maximum absolute atomic E-state index is 13.5. The van der Waals surface area contributed by atoms with Gasteiger partial charge in [0, 0.05) is 30.7 Å². The SMILES string of the molecule is C[C@H](/C=C/c1ccccc1)[C@H](C(=O)NCc1ccccc1)c1cn(C)c2ccccc12. The van der Waals surface area contributed by atoms with Crippen LogP contribution in [-0.2, 0) is 18.4 Å². The van der Waals surface area contributed by atoms with Crippen molar-refractivity contribution in [1.29, 1.82) is 0 Å². The molecule has 3 aromatic carbocycles. The van der Waals surface area contributed by atoms with E-state index in [-0.39, 0.29) is 17.7 Å². The van der Waals surface area contributed by atoms with Crippen LogP contribution in [0.2, 0.25) is 0 Å². The number of para-hydroxylation sites is 1. The maximum atomic E-state index is 13.5. The molecule has 1 N–H and O–H groups in total. The molecule has 2 atom stereocenters. The van der Waals surface area contributed by atoms with E-state index in [1.165, 1.54) is 0 Å². The molecule has 1 heterocycles. The molecule has 1 aromatic heterocycles. The Morgan fingerprint density at radius 3 is 2.32 bits per heavy atom. The first kappa shape index (κ1) is 20.7. The lowest BCUT2D eigenvalue weighted by Gasteiger charge is -2.21. The molecule has 3 nitrogen and oxygen atoms in total. The van der Waals surface area contributed by atoms with E-state index < -0.39 is 0 Å². The number of fused-ring (bicyclic) bond motifs is 1. The van der Waals surface area contributed by atoms with Crippen molar-refractivity contribution in [3.63, 3.8) is 0 Å². The number of rotatable bonds is 7. The Balaban J connectivity index is 1.65. The number of hydrogen-bond acceptors (Lipinski definition) is 1. The number of amides is 1.